The zero-order valence-electron chi connectivity index (χ0n) is 17.3. The summed E-state index contributed by atoms with van der Waals surface area (Å²) in [5.74, 6) is 0.767. The van der Waals surface area contributed by atoms with Crippen LogP contribution in [0.5, 0.6) is 11.5 Å². The van der Waals surface area contributed by atoms with Crippen molar-refractivity contribution in [1.82, 2.24) is 4.57 Å². The van der Waals surface area contributed by atoms with Crippen LogP contribution in [0.15, 0.2) is 71.7 Å². The van der Waals surface area contributed by atoms with Crippen molar-refractivity contribution in [2.75, 3.05) is 14.2 Å². The van der Waals surface area contributed by atoms with E-state index in [0.717, 1.165) is 10.2 Å². The minimum atomic E-state index is -0.375. The van der Waals surface area contributed by atoms with Crippen LogP contribution in [0, 0.1) is 0 Å². The molecule has 3 aromatic carbocycles. The minimum absolute atomic E-state index is 0.0876. The van der Waals surface area contributed by atoms with Gasteiger partial charge in [-0.15, -0.1) is 0 Å². The Hall–Kier alpha value is -3.71. The second-order valence-electron chi connectivity index (χ2n) is 6.81. The molecule has 1 aromatic heterocycles. The number of hydrogen-bond acceptors (Lipinski definition) is 5. The van der Waals surface area contributed by atoms with Gasteiger partial charge in [-0.25, -0.2) is 0 Å². The summed E-state index contributed by atoms with van der Waals surface area (Å²) >= 11 is 1.39. The molecule has 0 N–H and O–H groups in total. The molecule has 0 aliphatic carbocycles. The van der Waals surface area contributed by atoms with Gasteiger partial charge in [-0.3, -0.25) is 9.59 Å². The molecule has 0 aliphatic rings. The number of amides is 1. The predicted octanol–water partition coefficient (Wildman–Crippen LogP) is 4.23. The van der Waals surface area contributed by atoms with Gasteiger partial charge in [-0.2, -0.15) is 4.99 Å². The van der Waals surface area contributed by atoms with Crippen LogP contribution >= 0.6 is 11.3 Å². The van der Waals surface area contributed by atoms with Gasteiger partial charge >= 0.3 is 0 Å². The van der Waals surface area contributed by atoms with Gasteiger partial charge in [0.25, 0.3) is 5.91 Å². The first kappa shape index (κ1) is 20.6. The third-order valence-electron chi connectivity index (χ3n) is 4.94. The van der Waals surface area contributed by atoms with Crippen molar-refractivity contribution in [1.29, 1.82) is 0 Å². The molecule has 4 rings (SSSR count). The fourth-order valence-corrected chi connectivity index (χ4v) is 4.26. The molecule has 0 spiro atoms. The summed E-state index contributed by atoms with van der Waals surface area (Å²) in [6.45, 7) is 0. The van der Waals surface area contributed by atoms with Crippen molar-refractivity contribution < 1.29 is 19.1 Å². The monoisotopic (exact) mass is 432 g/mol. The summed E-state index contributed by atoms with van der Waals surface area (Å²) in [4.78, 5) is 30.1. The number of ether oxygens (including phenoxy) is 2. The Bertz CT molecular complexity index is 1340. The highest BCUT2D eigenvalue weighted by Crippen LogP contribution is 2.33. The maximum atomic E-state index is 12.7. The smallest absolute Gasteiger partial charge is 0.279 e. The molecule has 4 aromatic rings. The number of benzene rings is 3. The molecule has 6 nitrogen and oxygen atoms in total. The number of thiazole rings is 1. The number of carbonyl (C=O) groups excluding carboxylic acids is 2. The number of rotatable bonds is 5. The molecule has 156 valence electrons. The van der Waals surface area contributed by atoms with Crippen molar-refractivity contribution in [3.8, 4) is 11.5 Å². The SMILES string of the molecule is COc1cc2sc(=NC(=O)c3ccc(C(=O)c4ccccc4)cc3)n(C)c2cc1OC. The second kappa shape index (κ2) is 8.57. The van der Waals surface area contributed by atoms with E-state index in [-0.39, 0.29) is 11.7 Å². The van der Waals surface area contributed by atoms with Crippen LogP contribution in [-0.4, -0.2) is 30.5 Å². The number of hydrogen-bond donors (Lipinski definition) is 0. The normalized spacial score (nSPS) is 11.5. The van der Waals surface area contributed by atoms with E-state index in [4.69, 9.17) is 9.47 Å². The van der Waals surface area contributed by atoms with Crippen molar-refractivity contribution in [2.24, 2.45) is 12.0 Å². The second-order valence-corrected chi connectivity index (χ2v) is 7.82. The quantitative estimate of drug-likeness (QED) is 0.443. The number of fused-ring (bicyclic) bond motifs is 1. The molecule has 0 radical (unpaired) electrons. The third-order valence-corrected chi connectivity index (χ3v) is 6.04. The van der Waals surface area contributed by atoms with Crippen molar-refractivity contribution in [3.63, 3.8) is 0 Å². The van der Waals surface area contributed by atoms with Gasteiger partial charge in [0.05, 0.1) is 24.4 Å². The molecule has 7 heteroatoms. The van der Waals surface area contributed by atoms with Gasteiger partial charge < -0.3 is 14.0 Å². The summed E-state index contributed by atoms with van der Waals surface area (Å²) in [5.41, 5.74) is 2.43. The molecule has 0 saturated carbocycles. The first-order valence-corrected chi connectivity index (χ1v) is 10.3. The molecule has 31 heavy (non-hydrogen) atoms. The molecule has 0 saturated heterocycles. The molecule has 1 heterocycles. The zero-order chi connectivity index (χ0) is 22.0. The summed E-state index contributed by atoms with van der Waals surface area (Å²) in [6, 6.07) is 19.3. The standard InChI is InChI=1S/C24H20N2O4S/c1-26-18-13-19(29-2)20(30-3)14-21(18)31-24(26)25-23(28)17-11-9-16(10-12-17)22(27)15-7-5-4-6-8-15/h4-14H,1-3H3. The van der Waals surface area contributed by atoms with Crippen LogP contribution in [0.3, 0.4) is 0 Å². The molecule has 0 unspecified atom stereocenters. The molecule has 1 amide bonds. The molecule has 0 atom stereocenters. The zero-order valence-corrected chi connectivity index (χ0v) is 18.1. The number of aromatic nitrogens is 1. The fraction of sp³-hybridized carbons (Fsp3) is 0.125. The topological polar surface area (TPSA) is 69.9 Å². The van der Waals surface area contributed by atoms with Gasteiger partial charge in [-0.05, 0) is 12.1 Å². The molecular weight excluding hydrogens is 412 g/mol. The Morgan fingerprint density at radius 3 is 2.06 bits per heavy atom. The largest absolute Gasteiger partial charge is 0.493 e. The maximum absolute atomic E-state index is 12.7. The predicted molar refractivity (Wildman–Crippen MR) is 120 cm³/mol. The number of carbonyl (C=O) groups is 2. The molecule has 0 fully saturated rings. The van der Waals surface area contributed by atoms with Crippen LogP contribution in [0.1, 0.15) is 26.3 Å². The van der Waals surface area contributed by atoms with Crippen LogP contribution in [-0.2, 0) is 7.05 Å². The lowest BCUT2D eigenvalue weighted by Gasteiger charge is -2.07. The lowest BCUT2D eigenvalue weighted by atomic mass is 10.0. The summed E-state index contributed by atoms with van der Waals surface area (Å²) in [5, 5.41) is 0. The Morgan fingerprint density at radius 1 is 0.839 bits per heavy atom. The van der Waals surface area contributed by atoms with E-state index in [9.17, 15) is 9.59 Å². The molecule has 0 bridgehead atoms. The summed E-state index contributed by atoms with van der Waals surface area (Å²) in [7, 11) is 5.01. The van der Waals surface area contributed by atoms with E-state index in [1.807, 2.05) is 41.9 Å². The first-order chi connectivity index (χ1) is 15.0. The lowest BCUT2D eigenvalue weighted by molar-refractivity contribution is 0.0994. The summed E-state index contributed by atoms with van der Waals surface area (Å²) < 4.78 is 13.5. The Labute approximate surface area is 183 Å². The van der Waals surface area contributed by atoms with E-state index >= 15 is 0 Å². The van der Waals surface area contributed by atoms with Crippen LogP contribution in [0.25, 0.3) is 10.2 Å². The highest BCUT2D eigenvalue weighted by Gasteiger charge is 2.13. The number of nitrogens with zero attached hydrogens (tertiary/aromatic N) is 2. The molecular formula is C24H20N2O4S. The highest BCUT2D eigenvalue weighted by atomic mass is 32.1. The minimum Gasteiger partial charge on any atom is -0.493 e. The van der Waals surface area contributed by atoms with Gasteiger partial charge in [0.15, 0.2) is 22.1 Å². The summed E-state index contributed by atoms with van der Waals surface area (Å²) in [6.07, 6.45) is 0. The average Bonchev–Trinajstić information content (AvgIpc) is 3.12. The Balaban J connectivity index is 1.65. The van der Waals surface area contributed by atoms with Gasteiger partial charge in [-0.1, -0.05) is 53.8 Å². The van der Waals surface area contributed by atoms with Crippen LogP contribution in [0.2, 0.25) is 0 Å². The lowest BCUT2D eigenvalue weighted by Crippen LogP contribution is -2.13. The highest BCUT2D eigenvalue weighted by molar-refractivity contribution is 7.16. The Kier molecular flexibility index (Phi) is 5.68. The average molecular weight is 433 g/mol. The number of ketones is 1. The fourth-order valence-electron chi connectivity index (χ4n) is 3.23. The van der Waals surface area contributed by atoms with E-state index in [2.05, 4.69) is 4.99 Å². The number of methoxy groups -OCH3 is 2. The van der Waals surface area contributed by atoms with Crippen LogP contribution < -0.4 is 14.3 Å². The van der Waals surface area contributed by atoms with Crippen molar-refractivity contribution >= 4 is 33.2 Å². The van der Waals surface area contributed by atoms with Gasteiger partial charge in [0.2, 0.25) is 0 Å². The molecule has 0 aliphatic heterocycles. The third kappa shape index (κ3) is 4.00. The maximum Gasteiger partial charge on any atom is 0.279 e. The van der Waals surface area contributed by atoms with Crippen LogP contribution in [0.4, 0.5) is 0 Å². The Morgan fingerprint density at radius 2 is 1.42 bits per heavy atom. The van der Waals surface area contributed by atoms with E-state index < -0.39 is 0 Å². The van der Waals surface area contributed by atoms with Crippen molar-refractivity contribution in [2.45, 2.75) is 0 Å². The van der Waals surface area contributed by atoms with Crippen molar-refractivity contribution in [3.05, 3.63) is 88.2 Å². The number of aryl methyl sites for hydroxylation is 1. The van der Waals surface area contributed by atoms with E-state index in [1.165, 1.54) is 11.3 Å². The van der Waals surface area contributed by atoms with E-state index in [1.54, 1.807) is 50.6 Å². The van der Waals surface area contributed by atoms with Gasteiger partial charge in [0, 0.05) is 35.9 Å². The van der Waals surface area contributed by atoms with E-state index in [0.29, 0.717) is 33.0 Å². The van der Waals surface area contributed by atoms with Gasteiger partial charge in [0.1, 0.15) is 0 Å². The first-order valence-electron chi connectivity index (χ1n) is 9.52.